The van der Waals surface area contributed by atoms with Gasteiger partial charge in [0.2, 0.25) is 0 Å². The van der Waals surface area contributed by atoms with Crippen molar-refractivity contribution in [1.82, 2.24) is 10.3 Å². The van der Waals surface area contributed by atoms with Crippen molar-refractivity contribution in [2.75, 3.05) is 31.7 Å². The molecular weight excluding hydrogens is 449 g/mol. The van der Waals surface area contributed by atoms with E-state index in [0.29, 0.717) is 29.7 Å². The number of esters is 1. The lowest BCUT2D eigenvalue weighted by Crippen LogP contribution is -2.32. The Hall–Kier alpha value is -3.04. The average Bonchev–Trinajstić information content (AvgIpc) is 2.74. The van der Waals surface area contributed by atoms with E-state index in [-0.39, 0.29) is 16.4 Å². The third-order valence-electron chi connectivity index (χ3n) is 3.63. The Labute approximate surface area is 189 Å². The number of carbonyl (C=O) groups excluding carboxylic acids is 3. The third-order valence-corrected chi connectivity index (χ3v) is 4.12. The zero-order valence-corrected chi connectivity index (χ0v) is 18.4. The van der Waals surface area contributed by atoms with Gasteiger partial charge in [0.25, 0.3) is 11.8 Å². The first kappa shape index (κ1) is 24.2. The van der Waals surface area contributed by atoms with Gasteiger partial charge in [-0.3, -0.25) is 14.4 Å². The van der Waals surface area contributed by atoms with Gasteiger partial charge in [-0.25, -0.2) is 4.98 Å². The van der Waals surface area contributed by atoms with Gasteiger partial charge in [-0.15, -0.1) is 0 Å². The molecule has 166 valence electrons. The molecule has 2 aromatic rings. The fourth-order valence-corrected chi connectivity index (χ4v) is 2.75. The molecule has 0 saturated carbocycles. The van der Waals surface area contributed by atoms with Crippen molar-refractivity contribution in [3.63, 3.8) is 0 Å². The molecule has 11 heteroatoms. The van der Waals surface area contributed by atoms with E-state index in [1.807, 2.05) is 13.8 Å². The fraction of sp³-hybridized carbons (Fsp3) is 0.300. The highest BCUT2D eigenvalue weighted by Crippen LogP contribution is 2.28. The number of nitrogens with zero attached hydrogens (tertiary/aromatic N) is 1. The van der Waals surface area contributed by atoms with E-state index < -0.39 is 30.9 Å². The summed E-state index contributed by atoms with van der Waals surface area (Å²) in [5.74, 6) is -0.935. The van der Waals surface area contributed by atoms with Crippen molar-refractivity contribution in [2.45, 2.75) is 13.8 Å². The minimum atomic E-state index is -0.797. The van der Waals surface area contributed by atoms with Gasteiger partial charge in [0.05, 0.1) is 23.3 Å². The van der Waals surface area contributed by atoms with Gasteiger partial charge in [0.15, 0.2) is 23.9 Å². The topological polar surface area (TPSA) is 116 Å². The molecule has 0 bridgehead atoms. The molecule has 1 aromatic heterocycles. The second kappa shape index (κ2) is 12.0. The third kappa shape index (κ3) is 7.62. The van der Waals surface area contributed by atoms with Crippen LogP contribution in [0.2, 0.25) is 10.0 Å². The molecule has 0 radical (unpaired) electrons. The monoisotopic (exact) mass is 469 g/mol. The number of hydrogen-bond donors (Lipinski definition) is 2. The number of amides is 2. The summed E-state index contributed by atoms with van der Waals surface area (Å²) in [6.45, 7) is 3.49. The van der Waals surface area contributed by atoms with E-state index in [9.17, 15) is 14.4 Å². The predicted octanol–water partition coefficient (Wildman–Crippen LogP) is 3.10. The smallest absolute Gasteiger partial charge is 0.325 e. The summed E-state index contributed by atoms with van der Waals surface area (Å²) in [4.78, 5) is 39.9. The Bertz CT molecular complexity index is 955. The van der Waals surface area contributed by atoms with Gasteiger partial charge in [-0.1, -0.05) is 23.2 Å². The zero-order valence-electron chi connectivity index (χ0n) is 16.9. The standard InChI is InChI=1S/C20H21Cl2N3O6/c1-3-29-15-6-5-12(7-16(15)30-4-2)20(28)24-10-18(27)31-11-17(26)25-19-14(22)8-13(21)9-23-19/h5-9H,3-4,10-11H2,1-2H3,(H,24,28)(H,23,25,26). The van der Waals surface area contributed by atoms with Crippen molar-refractivity contribution in [3.8, 4) is 11.5 Å². The molecule has 0 aliphatic carbocycles. The van der Waals surface area contributed by atoms with Crippen LogP contribution in [-0.4, -0.2) is 49.1 Å². The molecule has 0 aliphatic heterocycles. The Balaban J connectivity index is 1.83. The molecular formula is C20H21Cl2N3O6. The molecule has 0 unspecified atom stereocenters. The van der Waals surface area contributed by atoms with Gasteiger partial charge < -0.3 is 24.8 Å². The van der Waals surface area contributed by atoms with Crippen LogP contribution in [0.5, 0.6) is 11.5 Å². The van der Waals surface area contributed by atoms with E-state index >= 15 is 0 Å². The second-order valence-corrected chi connectivity index (χ2v) is 6.75. The number of hydrogen-bond acceptors (Lipinski definition) is 7. The lowest BCUT2D eigenvalue weighted by atomic mass is 10.2. The predicted molar refractivity (Wildman–Crippen MR) is 115 cm³/mol. The summed E-state index contributed by atoms with van der Waals surface area (Å²) in [7, 11) is 0. The Morgan fingerprint density at radius 3 is 2.42 bits per heavy atom. The number of nitrogens with one attached hydrogen (secondary N) is 2. The van der Waals surface area contributed by atoms with E-state index in [1.54, 1.807) is 12.1 Å². The second-order valence-electron chi connectivity index (χ2n) is 5.90. The molecule has 31 heavy (non-hydrogen) atoms. The highest BCUT2D eigenvalue weighted by Gasteiger charge is 2.14. The number of rotatable bonds is 10. The summed E-state index contributed by atoms with van der Waals surface area (Å²) in [6, 6.07) is 6.09. The normalized spacial score (nSPS) is 10.2. The molecule has 2 N–H and O–H groups in total. The number of carbonyl (C=O) groups is 3. The molecule has 9 nitrogen and oxygen atoms in total. The fourth-order valence-electron chi connectivity index (χ4n) is 2.32. The van der Waals surface area contributed by atoms with E-state index in [2.05, 4.69) is 15.6 Å². The van der Waals surface area contributed by atoms with Crippen LogP contribution in [0, 0.1) is 0 Å². The molecule has 0 saturated heterocycles. The Morgan fingerprint density at radius 1 is 1.03 bits per heavy atom. The number of halogens is 2. The van der Waals surface area contributed by atoms with Gasteiger partial charge >= 0.3 is 5.97 Å². The summed E-state index contributed by atoms with van der Waals surface area (Å²) >= 11 is 11.6. The summed E-state index contributed by atoms with van der Waals surface area (Å²) in [6.07, 6.45) is 1.31. The lowest BCUT2D eigenvalue weighted by Gasteiger charge is -2.12. The highest BCUT2D eigenvalue weighted by molar-refractivity contribution is 6.36. The summed E-state index contributed by atoms with van der Waals surface area (Å²) in [5, 5.41) is 5.26. The van der Waals surface area contributed by atoms with Crippen molar-refractivity contribution in [3.05, 3.63) is 46.1 Å². The van der Waals surface area contributed by atoms with Crippen LogP contribution in [0.1, 0.15) is 24.2 Å². The quantitative estimate of drug-likeness (QED) is 0.513. The molecule has 0 fully saturated rings. The molecule has 0 atom stereocenters. The number of pyridine rings is 1. The molecule has 0 spiro atoms. The average molecular weight is 470 g/mol. The first-order valence-corrected chi connectivity index (χ1v) is 10.0. The maximum Gasteiger partial charge on any atom is 0.325 e. The van der Waals surface area contributed by atoms with Gasteiger partial charge in [0, 0.05) is 11.8 Å². The minimum Gasteiger partial charge on any atom is -0.490 e. The van der Waals surface area contributed by atoms with E-state index in [4.69, 9.17) is 37.4 Å². The lowest BCUT2D eigenvalue weighted by molar-refractivity contribution is -0.146. The van der Waals surface area contributed by atoms with Crippen LogP contribution in [0.4, 0.5) is 5.82 Å². The van der Waals surface area contributed by atoms with Crippen LogP contribution in [0.15, 0.2) is 30.5 Å². The highest BCUT2D eigenvalue weighted by atomic mass is 35.5. The molecule has 0 aliphatic rings. The van der Waals surface area contributed by atoms with Crippen molar-refractivity contribution >= 4 is 46.8 Å². The number of benzene rings is 1. The van der Waals surface area contributed by atoms with Crippen molar-refractivity contribution in [1.29, 1.82) is 0 Å². The number of anilines is 1. The van der Waals surface area contributed by atoms with Gasteiger partial charge in [-0.05, 0) is 38.1 Å². The van der Waals surface area contributed by atoms with Crippen molar-refractivity contribution in [2.24, 2.45) is 0 Å². The number of ether oxygens (including phenoxy) is 3. The SMILES string of the molecule is CCOc1ccc(C(=O)NCC(=O)OCC(=O)Nc2ncc(Cl)cc2Cl)cc1OCC. The largest absolute Gasteiger partial charge is 0.490 e. The Kier molecular flexibility index (Phi) is 9.36. The molecule has 1 aromatic carbocycles. The Morgan fingerprint density at radius 2 is 1.74 bits per heavy atom. The van der Waals surface area contributed by atoms with Gasteiger partial charge in [0.1, 0.15) is 6.54 Å². The minimum absolute atomic E-state index is 0.0843. The molecule has 2 amide bonds. The number of aromatic nitrogens is 1. The zero-order chi connectivity index (χ0) is 22.8. The van der Waals surface area contributed by atoms with Crippen LogP contribution in [-0.2, 0) is 14.3 Å². The van der Waals surface area contributed by atoms with Crippen LogP contribution >= 0.6 is 23.2 Å². The first-order chi connectivity index (χ1) is 14.8. The maximum absolute atomic E-state index is 12.3. The summed E-state index contributed by atoms with van der Waals surface area (Å²) in [5.41, 5.74) is 0.279. The van der Waals surface area contributed by atoms with Crippen molar-refractivity contribution < 1.29 is 28.6 Å². The van der Waals surface area contributed by atoms with E-state index in [0.717, 1.165) is 0 Å². The van der Waals surface area contributed by atoms with E-state index in [1.165, 1.54) is 18.3 Å². The maximum atomic E-state index is 12.3. The molecule has 2 rings (SSSR count). The summed E-state index contributed by atoms with van der Waals surface area (Å²) < 4.78 is 15.7. The van der Waals surface area contributed by atoms with Crippen LogP contribution in [0.3, 0.4) is 0 Å². The first-order valence-electron chi connectivity index (χ1n) is 9.28. The molecule has 1 heterocycles. The van der Waals surface area contributed by atoms with Gasteiger partial charge in [-0.2, -0.15) is 0 Å². The van der Waals surface area contributed by atoms with Crippen LogP contribution in [0.25, 0.3) is 0 Å². The van der Waals surface area contributed by atoms with Crippen LogP contribution < -0.4 is 20.1 Å².